The number of hydrogen-bond donors (Lipinski definition) is 1. The average molecular weight is 419 g/mol. The summed E-state index contributed by atoms with van der Waals surface area (Å²) in [4.78, 5) is 14.6. The molecule has 2 N–H and O–H groups in total. The highest BCUT2D eigenvalue weighted by molar-refractivity contribution is 8.00. The van der Waals surface area contributed by atoms with Gasteiger partial charge in [-0.05, 0) is 31.9 Å². The third-order valence-corrected chi connectivity index (χ3v) is 6.52. The van der Waals surface area contributed by atoms with Crippen molar-refractivity contribution in [2.45, 2.75) is 55.0 Å². The molecule has 1 aliphatic rings. The Morgan fingerprint density at radius 3 is 2.75 bits per heavy atom. The molecule has 0 spiro atoms. The van der Waals surface area contributed by atoms with Crippen LogP contribution in [0.15, 0.2) is 29.4 Å². The van der Waals surface area contributed by atoms with E-state index in [1.807, 2.05) is 12.1 Å². The van der Waals surface area contributed by atoms with E-state index < -0.39 is 10.8 Å². The zero-order chi connectivity index (χ0) is 20.3. The van der Waals surface area contributed by atoms with Crippen LogP contribution in [-0.2, 0) is 4.79 Å². The molecule has 2 aromatic rings. The van der Waals surface area contributed by atoms with E-state index >= 15 is 0 Å². The van der Waals surface area contributed by atoms with E-state index in [1.54, 1.807) is 31.0 Å². The molecule has 0 radical (unpaired) electrons. The summed E-state index contributed by atoms with van der Waals surface area (Å²) in [6.45, 7) is 1.80. The first-order chi connectivity index (χ1) is 13.4. The van der Waals surface area contributed by atoms with Crippen LogP contribution in [0.2, 0.25) is 5.02 Å². The van der Waals surface area contributed by atoms with Gasteiger partial charge in [0.15, 0.2) is 5.82 Å². The molecule has 1 aromatic carbocycles. The van der Waals surface area contributed by atoms with Crippen LogP contribution in [0.5, 0.6) is 0 Å². The highest BCUT2D eigenvalue weighted by atomic mass is 35.5. The van der Waals surface area contributed by atoms with Crippen LogP contribution in [0, 0.1) is 11.3 Å². The molecule has 0 aliphatic heterocycles. The number of thioether (sulfide) groups is 1. The van der Waals surface area contributed by atoms with Crippen molar-refractivity contribution in [3.8, 4) is 17.5 Å². The number of hydrogen-bond acceptors (Lipinski definition) is 6. The standard InChI is InChI=1S/C19H23ClN6OS/c1-13(17(27)25(2)19(12-21)9-4-3-5-10-19)28-18-24-23-16(26(18)22)14-7-6-8-15(20)11-14/h6-8,11,13H,3-5,9-10,22H2,1-2H3/t13-/m1/s1. The van der Waals surface area contributed by atoms with Gasteiger partial charge in [-0.15, -0.1) is 10.2 Å². The summed E-state index contributed by atoms with van der Waals surface area (Å²) in [7, 11) is 1.72. The lowest BCUT2D eigenvalue weighted by atomic mass is 9.81. The molecule has 1 heterocycles. The monoisotopic (exact) mass is 418 g/mol. The van der Waals surface area contributed by atoms with E-state index in [9.17, 15) is 10.1 Å². The SMILES string of the molecule is C[C@@H](Sc1nnc(-c2cccc(Cl)c2)n1N)C(=O)N(C)C1(C#N)CCCCC1. The number of carbonyl (C=O) groups excluding carboxylic acids is 1. The van der Waals surface area contributed by atoms with E-state index in [-0.39, 0.29) is 5.91 Å². The maximum atomic E-state index is 13.0. The summed E-state index contributed by atoms with van der Waals surface area (Å²) in [5.74, 6) is 6.52. The Balaban J connectivity index is 1.75. The Bertz CT molecular complexity index is 902. The van der Waals surface area contributed by atoms with Crippen molar-refractivity contribution in [1.82, 2.24) is 19.8 Å². The summed E-state index contributed by atoms with van der Waals surface area (Å²) in [5, 5.41) is 18.5. The number of benzene rings is 1. The highest BCUT2D eigenvalue weighted by Crippen LogP contribution is 2.34. The first kappa shape index (κ1) is 20.5. The maximum absolute atomic E-state index is 13.0. The molecule has 1 atom stereocenters. The van der Waals surface area contributed by atoms with Crippen LogP contribution in [0.3, 0.4) is 0 Å². The molecule has 0 saturated heterocycles. The van der Waals surface area contributed by atoms with Crippen molar-refractivity contribution in [3.05, 3.63) is 29.3 Å². The normalized spacial score (nSPS) is 16.9. The topological polar surface area (TPSA) is 101 Å². The Hall–Kier alpha value is -2.24. The molecule has 1 saturated carbocycles. The van der Waals surface area contributed by atoms with Crippen LogP contribution < -0.4 is 5.84 Å². The molecule has 7 nitrogen and oxygen atoms in total. The number of halogens is 1. The molecule has 1 fully saturated rings. The van der Waals surface area contributed by atoms with Crippen molar-refractivity contribution in [3.63, 3.8) is 0 Å². The number of carbonyl (C=O) groups is 1. The van der Waals surface area contributed by atoms with Gasteiger partial charge in [-0.3, -0.25) is 4.79 Å². The van der Waals surface area contributed by atoms with Gasteiger partial charge >= 0.3 is 0 Å². The van der Waals surface area contributed by atoms with E-state index in [0.29, 0.717) is 16.0 Å². The third kappa shape index (κ3) is 3.96. The highest BCUT2D eigenvalue weighted by Gasteiger charge is 2.40. The van der Waals surface area contributed by atoms with Gasteiger partial charge in [0.05, 0.1) is 11.3 Å². The Morgan fingerprint density at radius 2 is 2.11 bits per heavy atom. The fourth-order valence-electron chi connectivity index (χ4n) is 3.53. The molecular weight excluding hydrogens is 396 g/mol. The molecule has 9 heteroatoms. The molecule has 148 valence electrons. The Morgan fingerprint density at radius 1 is 1.39 bits per heavy atom. The Labute approximate surface area is 173 Å². The molecule has 0 unspecified atom stereocenters. The molecule has 1 aromatic heterocycles. The van der Waals surface area contributed by atoms with Crippen LogP contribution in [-0.4, -0.2) is 43.5 Å². The van der Waals surface area contributed by atoms with Gasteiger partial charge in [0.1, 0.15) is 5.54 Å². The van der Waals surface area contributed by atoms with Crippen molar-refractivity contribution in [2.24, 2.45) is 0 Å². The summed E-state index contributed by atoms with van der Waals surface area (Å²) in [6, 6.07) is 9.56. The second-order valence-electron chi connectivity index (χ2n) is 7.05. The number of nitriles is 1. The van der Waals surface area contributed by atoms with Crippen LogP contribution >= 0.6 is 23.4 Å². The van der Waals surface area contributed by atoms with Gasteiger partial charge < -0.3 is 10.7 Å². The van der Waals surface area contributed by atoms with Crippen molar-refractivity contribution < 1.29 is 4.79 Å². The first-order valence-corrected chi connectivity index (χ1v) is 10.5. The van der Waals surface area contributed by atoms with E-state index in [2.05, 4.69) is 16.3 Å². The van der Waals surface area contributed by atoms with Crippen LogP contribution in [0.4, 0.5) is 0 Å². The quantitative estimate of drug-likeness (QED) is 0.589. The molecule has 3 rings (SSSR count). The Kier molecular flexibility index (Phi) is 6.16. The minimum atomic E-state index is -0.716. The minimum absolute atomic E-state index is 0.110. The summed E-state index contributed by atoms with van der Waals surface area (Å²) < 4.78 is 1.36. The number of rotatable bonds is 5. The summed E-state index contributed by atoms with van der Waals surface area (Å²) in [6.07, 6.45) is 4.47. The van der Waals surface area contributed by atoms with E-state index in [1.165, 1.54) is 16.4 Å². The number of amides is 1. The average Bonchev–Trinajstić information content (AvgIpc) is 3.07. The van der Waals surface area contributed by atoms with Crippen molar-refractivity contribution in [1.29, 1.82) is 5.26 Å². The zero-order valence-corrected chi connectivity index (χ0v) is 17.5. The largest absolute Gasteiger partial charge is 0.335 e. The second kappa shape index (κ2) is 8.41. The van der Waals surface area contributed by atoms with Crippen molar-refractivity contribution in [2.75, 3.05) is 12.9 Å². The number of nitrogens with zero attached hydrogens (tertiary/aromatic N) is 5. The maximum Gasteiger partial charge on any atom is 0.236 e. The fourth-order valence-corrected chi connectivity index (χ4v) is 4.59. The predicted octanol–water partition coefficient (Wildman–Crippen LogP) is 3.48. The van der Waals surface area contributed by atoms with E-state index in [4.69, 9.17) is 17.4 Å². The lowest BCUT2D eigenvalue weighted by molar-refractivity contribution is -0.133. The van der Waals surface area contributed by atoms with Gasteiger partial charge in [-0.1, -0.05) is 54.8 Å². The van der Waals surface area contributed by atoms with Gasteiger partial charge in [0.25, 0.3) is 0 Å². The molecule has 1 amide bonds. The number of nitrogen functional groups attached to an aromatic ring is 1. The van der Waals surface area contributed by atoms with Crippen LogP contribution in [0.25, 0.3) is 11.4 Å². The number of nitrogens with two attached hydrogens (primary N) is 1. The fraction of sp³-hybridized carbons (Fsp3) is 0.474. The van der Waals surface area contributed by atoms with Gasteiger partial charge in [-0.25, -0.2) is 4.68 Å². The second-order valence-corrected chi connectivity index (χ2v) is 8.79. The van der Waals surface area contributed by atoms with E-state index in [0.717, 1.165) is 37.7 Å². The smallest absolute Gasteiger partial charge is 0.236 e. The summed E-state index contributed by atoms with van der Waals surface area (Å²) >= 11 is 7.27. The van der Waals surface area contributed by atoms with Crippen LogP contribution in [0.1, 0.15) is 39.0 Å². The lowest BCUT2D eigenvalue weighted by Gasteiger charge is -2.40. The third-order valence-electron chi connectivity index (χ3n) is 5.24. The molecule has 28 heavy (non-hydrogen) atoms. The molecular formula is C19H23ClN6OS. The van der Waals surface area contributed by atoms with Gasteiger partial charge in [-0.2, -0.15) is 5.26 Å². The minimum Gasteiger partial charge on any atom is -0.335 e. The molecule has 0 bridgehead atoms. The van der Waals surface area contributed by atoms with Gasteiger partial charge in [0.2, 0.25) is 11.1 Å². The zero-order valence-electron chi connectivity index (χ0n) is 15.9. The summed E-state index contributed by atoms with van der Waals surface area (Å²) in [5.41, 5.74) is 0.0306. The molecule has 1 aliphatic carbocycles. The predicted molar refractivity (Wildman–Crippen MR) is 110 cm³/mol. The lowest BCUT2D eigenvalue weighted by Crippen LogP contribution is -2.52. The van der Waals surface area contributed by atoms with Gasteiger partial charge in [0, 0.05) is 17.6 Å². The van der Waals surface area contributed by atoms with Crippen molar-refractivity contribution >= 4 is 29.3 Å². The number of aromatic nitrogens is 3. The first-order valence-electron chi connectivity index (χ1n) is 9.20.